The monoisotopic (exact) mass is 369 g/mol. The number of fused-ring (bicyclic) bond motifs is 1. The summed E-state index contributed by atoms with van der Waals surface area (Å²) in [6.07, 6.45) is 3.36. The first-order chi connectivity index (χ1) is 12.9. The first-order valence-corrected chi connectivity index (χ1v) is 8.92. The van der Waals surface area contributed by atoms with E-state index in [0.717, 1.165) is 16.7 Å². The second-order valence-corrected chi connectivity index (χ2v) is 6.52. The van der Waals surface area contributed by atoms with Crippen LogP contribution in [0.5, 0.6) is 0 Å². The Morgan fingerprint density at radius 3 is 2.48 bits per heavy atom. The second-order valence-electron chi connectivity index (χ2n) is 6.52. The van der Waals surface area contributed by atoms with E-state index >= 15 is 0 Å². The van der Waals surface area contributed by atoms with Crippen molar-refractivity contribution in [3.8, 4) is 0 Å². The minimum atomic E-state index is -0.411. The van der Waals surface area contributed by atoms with Crippen molar-refractivity contribution in [3.05, 3.63) is 57.0 Å². The molecule has 1 amide bonds. The number of nitrogens with zero attached hydrogens (tertiary/aromatic N) is 4. The maximum atomic E-state index is 12.4. The third-order valence-electron chi connectivity index (χ3n) is 4.67. The van der Waals surface area contributed by atoms with E-state index in [2.05, 4.69) is 17.2 Å². The normalized spacial score (nSPS) is 11.1. The Hall–Kier alpha value is -3.16. The molecule has 0 aliphatic rings. The summed E-state index contributed by atoms with van der Waals surface area (Å²) in [5.74, 6) is -0.0797. The van der Waals surface area contributed by atoms with Crippen molar-refractivity contribution in [2.24, 2.45) is 14.1 Å². The largest absolute Gasteiger partial charge is 0.332 e. The molecule has 3 aromatic rings. The molecule has 0 atom stereocenters. The number of hydrogen-bond acceptors (Lipinski definition) is 4. The summed E-state index contributed by atoms with van der Waals surface area (Å²) in [6, 6.07) is 7.77. The van der Waals surface area contributed by atoms with E-state index in [1.54, 1.807) is 11.6 Å². The molecule has 27 heavy (non-hydrogen) atoms. The van der Waals surface area contributed by atoms with Gasteiger partial charge in [-0.2, -0.15) is 0 Å². The van der Waals surface area contributed by atoms with Crippen LogP contribution in [0.3, 0.4) is 0 Å². The lowest BCUT2D eigenvalue weighted by Gasteiger charge is -2.08. The molecule has 8 heteroatoms. The summed E-state index contributed by atoms with van der Waals surface area (Å²) in [4.78, 5) is 40.6. The lowest BCUT2D eigenvalue weighted by atomic mass is 10.1. The van der Waals surface area contributed by atoms with Crippen LogP contribution < -0.4 is 16.6 Å². The molecule has 3 rings (SSSR count). The van der Waals surface area contributed by atoms with Crippen molar-refractivity contribution in [1.82, 2.24) is 18.7 Å². The Balaban J connectivity index is 1.66. The number of carbonyl (C=O) groups excluding carboxylic acids is 1. The maximum absolute atomic E-state index is 12.4. The first-order valence-electron chi connectivity index (χ1n) is 8.92. The lowest BCUT2D eigenvalue weighted by molar-refractivity contribution is -0.116. The van der Waals surface area contributed by atoms with E-state index in [9.17, 15) is 14.4 Å². The zero-order chi connectivity index (χ0) is 19.6. The van der Waals surface area contributed by atoms with Crippen LogP contribution in [-0.2, 0) is 31.9 Å². The van der Waals surface area contributed by atoms with Crippen LogP contribution in [0.25, 0.3) is 11.2 Å². The molecule has 0 saturated carbocycles. The fourth-order valence-electron chi connectivity index (χ4n) is 3.02. The van der Waals surface area contributed by atoms with Gasteiger partial charge in [-0.3, -0.25) is 18.7 Å². The molecule has 1 aromatic carbocycles. The summed E-state index contributed by atoms with van der Waals surface area (Å²) < 4.78 is 4.10. The molecule has 0 unspecified atom stereocenters. The van der Waals surface area contributed by atoms with E-state index in [1.807, 2.05) is 24.3 Å². The van der Waals surface area contributed by atoms with Crippen LogP contribution in [0.2, 0.25) is 0 Å². The van der Waals surface area contributed by atoms with E-state index in [0.29, 0.717) is 30.6 Å². The zero-order valence-corrected chi connectivity index (χ0v) is 15.7. The van der Waals surface area contributed by atoms with E-state index in [1.165, 1.54) is 23.5 Å². The Bertz CT molecular complexity index is 1090. The molecular weight excluding hydrogens is 346 g/mol. The fourth-order valence-corrected chi connectivity index (χ4v) is 3.02. The minimum Gasteiger partial charge on any atom is -0.326 e. The highest BCUT2D eigenvalue weighted by atomic mass is 16.2. The molecule has 2 aromatic heterocycles. The van der Waals surface area contributed by atoms with Crippen LogP contribution in [0.4, 0.5) is 5.69 Å². The van der Waals surface area contributed by atoms with Crippen molar-refractivity contribution >= 4 is 22.8 Å². The van der Waals surface area contributed by atoms with Crippen molar-refractivity contribution in [2.45, 2.75) is 32.7 Å². The van der Waals surface area contributed by atoms with Crippen LogP contribution in [0, 0.1) is 0 Å². The number of rotatable bonds is 6. The number of anilines is 1. The summed E-state index contributed by atoms with van der Waals surface area (Å²) in [5.41, 5.74) is 1.92. The van der Waals surface area contributed by atoms with Crippen molar-refractivity contribution < 1.29 is 4.79 Å². The van der Waals surface area contributed by atoms with Crippen molar-refractivity contribution in [3.63, 3.8) is 0 Å². The molecular formula is C19H23N5O3. The van der Waals surface area contributed by atoms with Crippen LogP contribution in [0.15, 0.2) is 40.2 Å². The molecule has 1 N–H and O–H groups in total. The molecule has 142 valence electrons. The Labute approximate surface area is 156 Å². The average molecular weight is 369 g/mol. The number of imidazole rings is 1. The average Bonchev–Trinajstić information content (AvgIpc) is 3.09. The number of aryl methyl sites for hydroxylation is 3. The molecule has 2 heterocycles. The third-order valence-corrected chi connectivity index (χ3v) is 4.67. The Kier molecular flexibility index (Phi) is 5.25. The molecule has 0 aliphatic carbocycles. The highest BCUT2D eigenvalue weighted by Gasteiger charge is 2.14. The highest BCUT2D eigenvalue weighted by molar-refractivity contribution is 5.90. The summed E-state index contributed by atoms with van der Waals surface area (Å²) in [6.45, 7) is 2.55. The predicted octanol–water partition coefficient (Wildman–Crippen LogP) is 1.41. The lowest BCUT2D eigenvalue weighted by Crippen LogP contribution is -2.37. The van der Waals surface area contributed by atoms with E-state index in [-0.39, 0.29) is 11.5 Å². The maximum Gasteiger partial charge on any atom is 0.332 e. The summed E-state index contributed by atoms with van der Waals surface area (Å²) in [5, 5.41) is 2.87. The van der Waals surface area contributed by atoms with Crippen molar-refractivity contribution in [2.75, 3.05) is 5.32 Å². The van der Waals surface area contributed by atoms with Gasteiger partial charge in [0, 0.05) is 32.7 Å². The molecule has 0 radical (unpaired) electrons. The summed E-state index contributed by atoms with van der Waals surface area (Å²) >= 11 is 0. The number of aromatic nitrogens is 4. The predicted molar refractivity (Wildman–Crippen MR) is 104 cm³/mol. The van der Waals surface area contributed by atoms with Crippen molar-refractivity contribution in [1.29, 1.82) is 0 Å². The SMILES string of the molecule is CCc1ccc(NC(=O)CCCn2cnc3c2c(=O)n(C)c(=O)n3C)cc1. The van der Waals surface area contributed by atoms with Gasteiger partial charge in [0.05, 0.1) is 6.33 Å². The standard InChI is InChI=1S/C19H23N5O3/c1-4-13-7-9-14(10-8-13)21-15(25)6-5-11-24-12-20-17-16(24)18(26)23(3)19(27)22(17)2/h7-10,12H,4-6,11H2,1-3H3,(H,21,25). The second kappa shape index (κ2) is 7.61. The van der Waals surface area contributed by atoms with E-state index in [4.69, 9.17) is 0 Å². The molecule has 0 bridgehead atoms. The minimum absolute atomic E-state index is 0.0797. The van der Waals surface area contributed by atoms with Crippen LogP contribution >= 0.6 is 0 Å². The fraction of sp³-hybridized carbons (Fsp3) is 0.368. The van der Waals surface area contributed by atoms with Gasteiger partial charge in [0.25, 0.3) is 5.56 Å². The van der Waals surface area contributed by atoms with E-state index < -0.39 is 5.69 Å². The molecule has 0 spiro atoms. The topological polar surface area (TPSA) is 90.9 Å². The Morgan fingerprint density at radius 1 is 1.11 bits per heavy atom. The quantitative estimate of drug-likeness (QED) is 0.711. The number of nitrogens with one attached hydrogen (secondary N) is 1. The third kappa shape index (κ3) is 3.69. The number of carbonyl (C=O) groups is 1. The van der Waals surface area contributed by atoms with Gasteiger partial charge in [-0.05, 0) is 30.5 Å². The smallest absolute Gasteiger partial charge is 0.326 e. The van der Waals surface area contributed by atoms with Gasteiger partial charge in [0.15, 0.2) is 11.2 Å². The Morgan fingerprint density at radius 2 is 1.81 bits per heavy atom. The molecule has 8 nitrogen and oxygen atoms in total. The van der Waals surface area contributed by atoms with Gasteiger partial charge in [-0.1, -0.05) is 19.1 Å². The molecule has 0 aliphatic heterocycles. The van der Waals surface area contributed by atoms with Gasteiger partial charge in [-0.25, -0.2) is 9.78 Å². The highest BCUT2D eigenvalue weighted by Crippen LogP contribution is 2.11. The number of hydrogen-bond donors (Lipinski definition) is 1. The zero-order valence-electron chi connectivity index (χ0n) is 15.7. The molecule has 0 fully saturated rings. The van der Waals surface area contributed by atoms with Gasteiger partial charge in [0.2, 0.25) is 5.91 Å². The number of amides is 1. The number of benzene rings is 1. The van der Waals surface area contributed by atoms with Gasteiger partial charge in [-0.15, -0.1) is 0 Å². The van der Waals surface area contributed by atoms with Gasteiger partial charge >= 0.3 is 5.69 Å². The van der Waals surface area contributed by atoms with Gasteiger partial charge in [0.1, 0.15) is 0 Å². The molecule has 0 saturated heterocycles. The first kappa shape index (κ1) is 18.6. The van der Waals surface area contributed by atoms with Gasteiger partial charge < -0.3 is 9.88 Å². The van der Waals surface area contributed by atoms with Crippen LogP contribution in [-0.4, -0.2) is 24.6 Å². The summed E-state index contributed by atoms with van der Waals surface area (Å²) in [7, 11) is 3.03. The van der Waals surface area contributed by atoms with Crippen LogP contribution in [0.1, 0.15) is 25.3 Å².